The number of hydrogen-bond donors (Lipinski definition) is 3. The van der Waals surface area contributed by atoms with E-state index in [1.807, 2.05) is 0 Å². The lowest BCUT2D eigenvalue weighted by atomic mass is 9.78. The van der Waals surface area contributed by atoms with Gasteiger partial charge < -0.3 is 15.3 Å². The normalized spacial score (nSPS) is 18.4. The number of phenolic OH excluding ortho intramolecular Hbond substituents is 3. The molecule has 0 amide bonds. The second-order valence-electron chi connectivity index (χ2n) is 4.11. The topological polar surface area (TPSA) is 129 Å². The van der Waals surface area contributed by atoms with Crippen LogP contribution in [0.3, 0.4) is 0 Å². The van der Waals surface area contributed by atoms with Crippen molar-refractivity contribution in [2.45, 2.75) is 6.92 Å². The van der Waals surface area contributed by atoms with E-state index in [1.165, 1.54) is 0 Å². The van der Waals surface area contributed by atoms with Gasteiger partial charge in [0.2, 0.25) is 11.6 Å². The summed E-state index contributed by atoms with van der Waals surface area (Å²) in [5.41, 5.74) is -1.40. The minimum atomic E-state index is -1.81. The average Bonchev–Trinajstić information content (AvgIpc) is 2.30. The largest absolute Gasteiger partial charge is 0.507 e. The summed E-state index contributed by atoms with van der Waals surface area (Å²) >= 11 is 0. The Morgan fingerprint density at radius 1 is 1.00 bits per heavy atom. The van der Waals surface area contributed by atoms with Crippen LogP contribution in [0.5, 0.6) is 17.2 Å². The molecule has 0 aliphatic heterocycles. The minimum absolute atomic E-state index is 0.625. The predicted octanol–water partition coefficient (Wildman–Crippen LogP) is -0.0433. The molecule has 0 radical (unpaired) electrons. The Balaban J connectivity index is 2.84. The Bertz CT molecular complexity index is 657. The average molecular weight is 264 g/mol. The van der Waals surface area contributed by atoms with Crippen molar-refractivity contribution in [1.29, 1.82) is 0 Å². The minimum Gasteiger partial charge on any atom is -0.507 e. The SMILES string of the molecule is CC(=O)C1C(=O)C(=O)c2c(O)c(O)cc(O)c2C1=O. The van der Waals surface area contributed by atoms with Crippen molar-refractivity contribution in [3.8, 4) is 17.2 Å². The molecule has 3 N–H and O–H groups in total. The van der Waals surface area contributed by atoms with Crippen LogP contribution in [0.4, 0.5) is 0 Å². The highest BCUT2D eigenvalue weighted by Gasteiger charge is 2.46. The van der Waals surface area contributed by atoms with Gasteiger partial charge in [-0.15, -0.1) is 0 Å². The molecule has 0 saturated carbocycles. The molecule has 1 aromatic rings. The van der Waals surface area contributed by atoms with E-state index in [1.54, 1.807) is 0 Å². The van der Waals surface area contributed by atoms with Crippen LogP contribution in [-0.4, -0.2) is 38.5 Å². The maximum Gasteiger partial charge on any atom is 0.234 e. The van der Waals surface area contributed by atoms with Crippen molar-refractivity contribution < 1.29 is 34.5 Å². The number of carbonyl (C=O) groups is 4. The summed E-state index contributed by atoms with van der Waals surface area (Å²) in [6.07, 6.45) is 0. The third-order valence-corrected chi connectivity index (χ3v) is 2.89. The molecule has 1 aromatic carbocycles. The Morgan fingerprint density at radius 2 is 1.58 bits per heavy atom. The smallest absolute Gasteiger partial charge is 0.234 e. The van der Waals surface area contributed by atoms with E-state index in [0.717, 1.165) is 6.92 Å². The van der Waals surface area contributed by atoms with Crippen LogP contribution in [0, 0.1) is 5.92 Å². The van der Waals surface area contributed by atoms with E-state index in [2.05, 4.69) is 0 Å². The molecule has 0 fully saturated rings. The van der Waals surface area contributed by atoms with E-state index in [0.29, 0.717) is 6.07 Å². The molecule has 98 valence electrons. The highest BCUT2D eigenvalue weighted by atomic mass is 16.3. The molecule has 7 nitrogen and oxygen atoms in total. The molecule has 1 unspecified atom stereocenters. The molecule has 19 heavy (non-hydrogen) atoms. The lowest BCUT2D eigenvalue weighted by molar-refractivity contribution is -0.127. The monoisotopic (exact) mass is 264 g/mol. The summed E-state index contributed by atoms with van der Waals surface area (Å²) in [5.74, 6) is -8.88. The highest BCUT2D eigenvalue weighted by molar-refractivity contribution is 6.56. The number of phenols is 3. The number of hydrogen-bond acceptors (Lipinski definition) is 7. The highest BCUT2D eigenvalue weighted by Crippen LogP contribution is 2.41. The second kappa shape index (κ2) is 3.91. The summed E-state index contributed by atoms with van der Waals surface area (Å²) in [4.78, 5) is 46.6. The molecule has 0 spiro atoms. The quantitative estimate of drug-likeness (QED) is 0.281. The number of aromatic hydroxyl groups is 3. The Morgan fingerprint density at radius 3 is 2.11 bits per heavy atom. The van der Waals surface area contributed by atoms with Crippen LogP contribution in [-0.2, 0) is 9.59 Å². The summed E-state index contributed by atoms with van der Waals surface area (Å²) in [6.45, 7) is 0.968. The standard InChI is InChI=1S/C12H8O7/c1-3(13)6-10(17)7-4(14)2-5(15)9(16)8(7)12(19)11(6)18/h2,6,14-16H,1H3. The molecular formula is C12H8O7. The van der Waals surface area contributed by atoms with E-state index in [9.17, 15) is 34.5 Å². The second-order valence-corrected chi connectivity index (χ2v) is 4.11. The van der Waals surface area contributed by atoms with E-state index >= 15 is 0 Å². The van der Waals surface area contributed by atoms with Gasteiger partial charge in [0.25, 0.3) is 0 Å². The van der Waals surface area contributed by atoms with Gasteiger partial charge in [-0.25, -0.2) is 0 Å². The Labute approximate surface area is 106 Å². The van der Waals surface area contributed by atoms with E-state index in [4.69, 9.17) is 0 Å². The van der Waals surface area contributed by atoms with Crippen LogP contribution in [0.25, 0.3) is 0 Å². The molecule has 1 atom stereocenters. The summed E-state index contributed by atoms with van der Waals surface area (Å²) in [5, 5.41) is 28.4. The van der Waals surface area contributed by atoms with Crippen LogP contribution < -0.4 is 0 Å². The van der Waals surface area contributed by atoms with Gasteiger partial charge in [-0.1, -0.05) is 0 Å². The maximum atomic E-state index is 12.0. The van der Waals surface area contributed by atoms with Crippen molar-refractivity contribution in [3.05, 3.63) is 17.2 Å². The molecule has 1 aliphatic carbocycles. The molecule has 2 rings (SSSR count). The van der Waals surface area contributed by atoms with E-state index < -0.39 is 57.4 Å². The number of carbonyl (C=O) groups excluding carboxylic acids is 4. The lowest BCUT2D eigenvalue weighted by Gasteiger charge is -2.21. The fourth-order valence-corrected chi connectivity index (χ4v) is 2.00. The molecule has 1 aliphatic rings. The first-order valence-corrected chi connectivity index (χ1v) is 5.18. The first-order valence-electron chi connectivity index (χ1n) is 5.18. The van der Waals surface area contributed by atoms with Crippen molar-refractivity contribution in [2.24, 2.45) is 5.92 Å². The zero-order valence-corrected chi connectivity index (χ0v) is 9.63. The van der Waals surface area contributed by atoms with E-state index in [-0.39, 0.29) is 0 Å². The van der Waals surface area contributed by atoms with Gasteiger partial charge in [-0.05, 0) is 6.92 Å². The summed E-state index contributed by atoms with van der Waals surface area (Å²) in [6, 6.07) is 0.659. The summed E-state index contributed by atoms with van der Waals surface area (Å²) in [7, 11) is 0. The van der Waals surface area contributed by atoms with Gasteiger partial charge in [0.15, 0.2) is 17.3 Å². The molecular weight excluding hydrogens is 256 g/mol. The number of rotatable bonds is 1. The van der Waals surface area contributed by atoms with Gasteiger partial charge in [0.1, 0.15) is 17.5 Å². The van der Waals surface area contributed by atoms with Crippen LogP contribution in [0.15, 0.2) is 6.07 Å². The zero-order valence-electron chi connectivity index (χ0n) is 9.63. The zero-order chi connectivity index (χ0) is 14.5. The number of benzene rings is 1. The first kappa shape index (κ1) is 12.7. The lowest BCUT2D eigenvalue weighted by Crippen LogP contribution is -2.40. The third-order valence-electron chi connectivity index (χ3n) is 2.89. The maximum absolute atomic E-state index is 12.0. The van der Waals surface area contributed by atoms with Crippen LogP contribution in [0.1, 0.15) is 27.6 Å². The van der Waals surface area contributed by atoms with Gasteiger partial charge >= 0.3 is 0 Å². The molecule has 0 aromatic heterocycles. The Kier molecular flexibility index (Phi) is 2.62. The first-order chi connectivity index (χ1) is 8.77. The molecule has 0 bridgehead atoms. The van der Waals surface area contributed by atoms with Crippen molar-refractivity contribution in [1.82, 2.24) is 0 Å². The van der Waals surface area contributed by atoms with Crippen molar-refractivity contribution in [2.75, 3.05) is 0 Å². The Hall–Kier alpha value is -2.70. The fourth-order valence-electron chi connectivity index (χ4n) is 2.00. The molecule has 0 saturated heterocycles. The third kappa shape index (κ3) is 1.59. The predicted molar refractivity (Wildman–Crippen MR) is 59.3 cm³/mol. The summed E-state index contributed by atoms with van der Waals surface area (Å²) < 4.78 is 0. The van der Waals surface area contributed by atoms with Crippen molar-refractivity contribution in [3.63, 3.8) is 0 Å². The van der Waals surface area contributed by atoms with Crippen LogP contribution >= 0.6 is 0 Å². The number of fused-ring (bicyclic) bond motifs is 1. The van der Waals surface area contributed by atoms with Gasteiger partial charge in [-0.2, -0.15) is 0 Å². The van der Waals surface area contributed by atoms with Crippen molar-refractivity contribution >= 4 is 23.1 Å². The van der Waals surface area contributed by atoms with Crippen LogP contribution in [0.2, 0.25) is 0 Å². The molecule has 7 heteroatoms. The number of ketones is 4. The molecule has 0 heterocycles. The van der Waals surface area contributed by atoms with Gasteiger partial charge in [-0.3, -0.25) is 19.2 Å². The van der Waals surface area contributed by atoms with Gasteiger partial charge in [0.05, 0.1) is 11.1 Å². The fraction of sp³-hybridized carbons (Fsp3) is 0.167. The number of Topliss-reactive ketones (excluding diaryl/α,β-unsaturated/α-hetero) is 4. The van der Waals surface area contributed by atoms with Gasteiger partial charge in [0, 0.05) is 6.07 Å².